The molecule has 2 aliphatic rings. The van der Waals surface area contributed by atoms with Crippen molar-refractivity contribution in [1.82, 2.24) is 14.5 Å². The summed E-state index contributed by atoms with van der Waals surface area (Å²) in [5.41, 5.74) is -2.78. The van der Waals surface area contributed by atoms with Crippen molar-refractivity contribution >= 4 is 40.9 Å². The lowest BCUT2D eigenvalue weighted by Crippen LogP contribution is -2.43. The van der Waals surface area contributed by atoms with E-state index in [1.165, 1.54) is 21.2 Å². The molecule has 1 unspecified atom stereocenters. The molecule has 3 heterocycles. The molecule has 2 aromatic rings. The van der Waals surface area contributed by atoms with Gasteiger partial charge in [0, 0.05) is 38.9 Å². The number of benzene rings is 1. The molecule has 0 radical (unpaired) electrons. The molecule has 192 valence electrons. The molecule has 4 rings (SSSR count). The highest BCUT2D eigenvalue weighted by molar-refractivity contribution is 7.98. The number of nitrogens with one attached hydrogen (secondary N) is 1. The lowest BCUT2D eigenvalue weighted by Gasteiger charge is -2.35. The molecule has 0 bridgehead atoms. The molecular formula is C23H29F3N4O3S2. The number of carbonyl (C=O) groups excluding carboxylic acids is 2. The Kier molecular flexibility index (Phi) is 8.09. The molecule has 2 fully saturated rings. The van der Waals surface area contributed by atoms with Gasteiger partial charge in [-0.3, -0.25) is 10.1 Å². The maximum atomic E-state index is 12.9. The Bertz CT molecular complexity index is 1020. The van der Waals surface area contributed by atoms with Crippen LogP contribution in [0.4, 0.5) is 23.7 Å². The molecule has 1 aromatic heterocycles. The van der Waals surface area contributed by atoms with E-state index in [1.54, 1.807) is 56.3 Å². The number of thiophene rings is 1. The zero-order valence-electron chi connectivity index (χ0n) is 19.9. The number of urea groups is 1. The number of nitrogens with zero attached hydrogens (tertiary/aromatic N) is 3. The predicted octanol–water partition coefficient (Wildman–Crippen LogP) is 4.29. The molecule has 2 aliphatic heterocycles. The first kappa shape index (κ1) is 27.3. The Morgan fingerprint density at radius 1 is 1.06 bits per heavy atom. The number of imide groups is 1. The topological polar surface area (TPSA) is 76.1 Å². The normalized spacial score (nSPS) is 20.2. The highest BCUT2D eigenvalue weighted by atomic mass is 32.2. The van der Waals surface area contributed by atoms with Crippen molar-refractivity contribution in [2.75, 3.05) is 38.1 Å². The monoisotopic (exact) mass is 530 g/mol. The van der Waals surface area contributed by atoms with Gasteiger partial charge in [-0.15, -0.1) is 11.3 Å². The smallest absolute Gasteiger partial charge is 0.376 e. The van der Waals surface area contributed by atoms with Crippen LogP contribution in [0.2, 0.25) is 0 Å². The third-order valence-electron chi connectivity index (χ3n) is 6.22. The summed E-state index contributed by atoms with van der Waals surface area (Å²) >= 11 is 3.46. The number of likely N-dealkylation sites (N-methyl/N-ethyl adjacent to an activating group) is 1. The van der Waals surface area contributed by atoms with Gasteiger partial charge < -0.3 is 14.9 Å². The van der Waals surface area contributed by atoms with E-state index in [1.807, 2.05) is 6.07 Å². The number of hydrogen-bond acceptors (Lipinski definition) is 7. The minimum atomic E-state index is -4.70. The second kappa shape index (κ2) is 10.4. The zero-order valence-corrected chi connectivity index (χ0v) is 21.6. The molecule has 12 heteroatoms. The van der Waals surface area contributed by atoms with Gasteiger partial charge in [-0.25, -0.2) is 9.10 Å². The fourth-order valence-electron chi connectivity index (χ4n) is 3.38. The summed E-state index contributed by atoms with van der Waals surface area (Å²) < 4.78 is 42.3. The highest BCUT2D eigenvalue weighted by Gasteiger charge is 2.51. The summed E-state index contributed by atoms with van der Waals surface area (Å²) in [6.07, 6.45) is -4.70. The van der Waals surface area contributed by atoms with Crippen molar-refractivity contribution in [3.8, 4) is 0 Å². The summed E-state index contributed by atoms with van der Waals surface area (Å²) in [5.74, 6) is -0.236. The third kappa shape index (κ3) is 6.11. The average Bonchev–Trinajstić information content (AvgIpc) is 3.37. The van der Waals surface area contributed by atoms with Gasteiger partial charge in [-0.1, -0.05) is 18.2 Å². The second-order valence-electron chi connectivity index (χ2n) is 8.93. The van der Waals surface area contributed by atoms with Gasteiger partial charge in [0.1, 0.15) is 5.54 Å². The maximum Gasteiger partial charge on any atom is 0.421 e. The van der Waals surface area contributed by atoms with E-state index in [2.05, 4.69) is 26.0 Å². The Morgan fingerprint density at radius 2 is 1.66 bits per heavy atom. The summed E-state index contributed by atoms with van der Waals surface area (Å²) in [4.78, 5) is 25.3. The van der Waals surface area contributed by atoms with Crippen LogP contribution in [0.5, 0.6) is 0 Å². The van der Waals surface area contributed by atoms with Crippen molar-refractivity contribution in [3.63, 3.8) is 0 Å². The number of alkyl halides is 3. The van der Waals surface area contributed by atoms with Crippen LogP contribution in [-0.2, 0) is 10.4 Å². The number of rotatable bonds is 4. The van der Waals surface area contributed by atoms with E-state index < -0.39 is 17.3 Å². The summed E-state index contributed by atoms with van der Waals surface area (Å²) in [5, 5.41) is 14.0. The lowest BCUT2D eigenvalue weighted by atomic mass is 9.95. The predicted molar refractivity (Wildman–Crippen MR) is 131 cm³/mol. The maximum absolute atomic E-state index is 12.9. The van der Waals surface area contributed by atoms with Crippen LogP contribution in [0.25, 0.3) is 0 Å². The number of anilines is 1. The van der Waals surface area contributed by atoms with E-state index in [4.69, 9.17) is 0 Å². The van der Waals surface area contributed by atoms with E-state index in [0.717, 1.165) is 38.8 Å². The summed E-state index contributed by atoms with van der Waals surface area (Å²) in [7, 11) is 1.60. The Labute approximate surface area is 211 Å². The van der Waals surface area contributed by atoms with Gasteiger partial charge in [0.2, 0.25) is 0 Å². The molecule has 1 aromatic carbocycles. The van der Waals surface area contributed by atoms with Gasteiger partial charge >= 0.3 is 12.2 Å². The number of amides is 3. The Balaban J connectivity index is 0.000000287. The van der Waals surface area contributed by atoms with Crippen molar-refractivity contribution < 1.29 is 27.9 Å². The second-order valence-corrected chi connectivity index (χ2v) is 11.3. The van der Waals surface area contributed by atoms with Gasteiger partial charge in [-0.2, -0.15) is 13.2 Å². The molecular weight excluding hydrogens is 501 g/mol. The minimum absolute atomic E-state index is 0.143. The zero-order chi connectivity index (χ0) is 26.0. The molecule has 1 atom stereocenters. The molecule has 0 saturated carbocycles. The molecule has 2 N–H and O–H groups in total. The number of piperazine rings is 1. The van der Waals surface area contributed by atoms with Crippen molar-refractivity contribution in [3.05, 3.63) is 47.3 Å². The SMILES string of the molecule is CC(O)(c1ccc(N2CCN(Sc3cccs3)CC2)cc1)C(F)(F)F.CN1C(=O)NC(=O)C1(C)C. The van der Waals surface area contributed by atoms with Crippen molar-refractivity contribution in [2.24, 2.45) is 0 Å². The van der Waals surface area contributed by atoms with Gasteiger partial charge in [0.15, 0.2) is 5.60 Å². The largest absolute Gasteiger partial charge is 0.421 e. The van der Waals surface area contributed by atoms with Crippen LogP contribution in [-0.4, -0.2) is 71.2 Å². The van der Waals surface area contributed by atoms with E-state index in [0.29, 0.717) is 0 Å². The van der Waals surface area contributed by atoms with Crippen LogP contribution in [0.3, 0.4) is 0 Å². The van der Waals surface area contributed by atoms with Crippen molar-refractivity contribution in [1.29, 1.82) is 0 Å². The standard InChI is InChI=1S/C17H19F3N2OS2.C6H10N2O2/c1-16(23,17(18,19)20)13-4-6-14(7-5-13)21-8-10-22(11-9-21)25-15-3-2-12-24-15;1-6(2)4(9)7-5(10)8(6)3/h2-7,12,23H,8-11H2,1H3;1-3H3,(H,7,9,10). The molecule has 2 saturated heterocycles. The third-order valence-corrected chi connectivity index (χ3v) is 8.33. The number of hydrogen-bond donors (Lipinski definition) is 2. The van der Waals surface area contributed by atoms with Crippen LogP contribution in [0, 0.1) is 0 Å². The van der Waals surface area contributed by atoms with Crippen LogP contribution in [0.1, 0.15) is 26.3 Å². The van der Waals surface area contributed by atoms with E-state index in [-0.39, 0.29) is 17.5 Å². The first-order valence-corrected chi connectivity index (χ1v) is 12.6. The number of aliphatic hydroxyl groups is 1. The fourth-order valence-corrected chi connectivity index (χ4v) is 5.22. The first-order chi connectivity index (χ1) is 16.2. The average molecular weight is 531 g/mol. The van der Waals surface area contributed by atoms with Gasteiger partial charge in [0.25, 0.3) is 5.91 Å². The summed E-state index contributed by atoms with van der Waals surface area (Å²) in [6, 6.07) is 9.81. The fraction of sp³-hybridized carbons (Fsp3) is 0.478. The molecule has 0 spiro atoms. The molecule has 35 heavy (non-hydrogen) atoms. The van der Waals surface area contributed by atoms with Crippen molar-refractivity contribution in [2.45, 2.75) is 42.3 Å². The lowest BCUT2D eigenvalue weighted by molar-refractivity contribution is -0.258. The molecule has 7 nitrogen and oxygen atoms in total. The number of halogens is 3. The van der Waals surface area contributed by atoms with E-state index in [9.17, 15) is 27.9 Å². The van der Waals surface area contributed by atoms with Gasteiger partial charge in [0.05, 0.1) is 4.21 Å². The highest BCUT2D eigenvalue weighted by Crippen LogP contribution is 2.39. The van der Waals surface area contributed by atoms with E-state index >= 15 is 0 Å². The quantitative estimate of drug-likeness (QED) is 0.454. The van der Waals surface area contributed by atoms with Crippen LogP contribution in [0.15, 0.2) is 46.0 Å². The minimum Gasteiger partial charge on any atom is -0.376 e. The number of carbonyl (C=O) groups is 2. The molecule has 3 amide bonds. The van der Waals surface area contributed by atoms with Gasteiger partial charge in [-0.05, 0) is 61.9 Å². The van der Waals surface area contributed by atoms with Crippen LogP contribution >= 0.6 is 23.3 Å². The Morgan fingerprint density at radius 3 is 2.06 bits per heavy atom. The van der Waals surface area contributed by atoms with Crippen LogP contribution < -0.4 is 10.2 Å². The molecule has 0 aliphatic carbocycles. The Hall–Kier alpha value is -2.28. The first-order valence-electron chi connectivity index (χ1n) is 10.9. The summed E-state index contributed by atoms with van der Waals surface area (Å²) in [6.45, 7) is 7.57.